The fourth-order valence-electron chi connectivity index (χ4n) is 0.855. The highest BCUT2D eigenvalue weighted by Crippen LogP contribution is 2.21. The summed E-state index contributed by atoms with van der Waals surface area (Å²) < 4.78 is 5.02. The van der Waals surface area contributed by atoms with Crippen molar-refractivity contribution in [1.82, 2.24) is 5.43 Å². The van der Waals surface area contributed by atoms with Crippen molar-refractivity contribution in [2.24, 2.45) is 0 Å². The van der Waals surface area contributed by atoms with E-state index < -0.39 is 0 Å². The third kappa shape index (κ3) is 1.88. The molecule has 4 heteroatoms. The normalized spacial score (nSPS) is 8.75. The van der Waals surface area contributed by atoms with E-state index >= 15 is 0 Å². The predicted octanol–water partition coefficient (Wildman–Crippen LogP) is 0.768. The molecule has 1 aromatic carbocycles. The van der Waals surface area contributed by atoms with Gasteiger partial charge in [0.05, 0.1) is 12.8 Å². The number of carbonyl (C=O) groups is 1. The molecule has 0 aliphatic rings. The topological polar surface area (TPSA) is 50.4 Å². The van der Waals surface area contributed by atoms with Crippen molar-refractivity contribution in [3.8, 4) is 5.75 Å². The quantitative estimate of drug-likeness (QED) is 0.513. The Hall–Kier alpha value is -1.71. The van der Waals surface area contributed by atoms with Crippen molar-refractivity contribution < 1.29 is 9.53 Å². The summed E-state index contributed by atoms with van der Waals surface area (Å²) in [5.41, 5.74) is 5.73. The summed E-state index contributed by atoms with van der Waals surface area (Å²) in [4.78, 5) is 9.96. The number of anilines is 1. The van der Waals surface area contributed by atoms with Crippen molar-refractivity contribution in [2.45, 2.75) is 0 Å². The van der Waals surface area contributed by atoms with E-state index in [9.17, 15) is 4.79 Å². The highest BCUT2D eigenvalue weighted by molar-refractivity contribution is 5.59. The Morgan fingerprint density at radius 2 is 2.17 bits per heavy atom. The number of methoxy groups -OCH3 is 1. The summed E-state index contributed by atoms with van der Waals surface area (Å²) >= 11 is 0. The second-order valence-electron chi connectivity index (χ2n) is 2.09. The molecular weight excluding hydrogens is 156 g/mol. The maximum Gasteiger partial charge on any atom is 0.225 e. The number of hydrogen-bond acceptors (Lipinski definition) is 3. The highest BCUT2D eigenvalue weighted by atomic mass is 16.5. The average molecular weight is 166 g/mol. The van der Waals surface area contributed by atoms with Crippen LogP contribution in [0.3, 0.4) is 0 Å². The van der Waals surface area contributed by atoms with E-state index in [0.29, 0.717) is 12.2 Å². The molecule has 0 heterocycles. The van der Waals surface area contributed by atoms with Crippen LogP contribution in [0, 0.1) is 0 Å². The van der Waals surface area contributed by atoms with Gasteiger partial charge in [0.2, 0.25) is 6.41 Å². The van der Waals surface area contributed by atoms with Gasteiger partial charge in [0, 0.05) is 0 Å². The molecule has 1 rings (SSSR count). The van der Waals surface area contributed by atoms with Crippen LogP contribution < -0.4 is 15.6 Å². The van der Waals surface area contributed by atoms with Gasteiger partial charge in [-0.2, -0.15) is 0 Å². The monoisotopic (exact) mass is 166 g/mol. The molecule has 2 N–H and O–H groups in total. The number of nitrogens with one attached hydrogen (secondary N) is 2. The van der Waals surface area contributed by atoms with Gasteiger partial charge in [-0.1, -0.05) is 12.1 Å². The van der Waals surface area contributed by atoms with Gasteiger partial charge in [0.1, 0.15) is 5.75 Å². The second kappa shape index (κ2) is 4.23. The summed E-state index contributed by atoms with van der Waals surface area (Å²) in [6.07, 6.45) is 0.562. The molecule has 12 heavy (non-hydrogen) atoms. The van der Waals surface area contributed by atoms with Crippen LogP contribution in [0.5, 0.6) is 5.75 Å². The molecule has 4 nitrogen and oxygen atoms in total. The van der Waals surface area contributed by atoms with Gasteiger partial charge in [-0.25, -0.2) is 0 Å². The fourth-order valence-corrected chi connectivity index (χ4v) is 0.855. The van der Waals surface area contributed by atoms with Gasteiger partial charge in [-0.3, -0.25) is 15.6 Å². The smallest absolute Gasteiger partial charge is 0.225 e. The molecule has 0 aliphatic carbocycles. The molecule has 0 aromatic heterocycles. The van der Waals surface area contributed by atoms with E-state index in [1.165, 1.54) is 0 Å². The van der Waals surface area contributed by atoms with Crippen molar-refractivity contribution in [3.63, 3.8) is 0 Å². The van der Waals surface area contributed by atoms with Crippen molar-refractivity contribution in [1.29, 1.82) is 0 Å². The van der Waals surface area contributed by atoms with Gasteiger partial charge in [-0.05, 0) is 12.1 Å². The first-order valence-corrected chi connectivity index (χ1v) is 3.46. The van der Waals surface area contributed by atoms with Gasteiger partial charge >= 0.3 is 0 Å². The molecule has 0 saturated carbocycles. The average Bonchev–Trinajstić information content (AvgIpc) is 2.15. The third-order valence-corrected chi connectivity index (χ3v) is 1.37. The minimum Gasteiger partial charge on any atom is -0.495 e. The van der Waals surface area contributed by atoms with Crippen LogP contribution in [0.15, 0.2) is 24.3 Å². The van der Waals surface area contributed by atoms with Crippen molar-refractivity contribution >= 4 is 12.1 Å². The van der Waals surface area contributed by atoms with E-state index in [1.807, 2.05) is 12.1 Å². The molecule has 0 unspecified atom stereocenters. The first kappa shape index (κ1) is 8.39. The summed E-state index contributed by atoms with van der Waals surface area (Å²) in [6.45, 7) is 0. The van der Waals surface area contributed by atoms with Crippen LogP contribution in [0.2, 0.25) is 0 Å². The molecule has 1 amide bonds. The number of ether oxygens (including phenoxy) is 1. The summed E-state index contributed by atoms with van der Waals surface area (Å²) in [5, 5.41) is 0. The molecule has 0 fully saturated rings. The Morgan fingerprint density at radius 1 is 1.42 bits per heavy atom. The summed E-state index contributed by atoms with van der Waals surface area (Å²) in [5.74, 6) is 0.687. The zero-order valence-electron chi connectivity index (χ0n) is 6.70. The number of para-hydroxylation sites is 2. The number of benzene rings is 1. The Bertz CT molecular complexity index is 263. The molecule has 0 saturated heterocycles. The molecule has 0 atom stereocenters. The van der Waals surface area contributed by atoms with E-state index in [0.717, 1.165) is 5.69 Å². The zero-order valence-corrected chi connectivity index (χ0v) is 6.70. The molecule has 64 valence electrons. The second-order valence-corrected chi connectivity index (χ2v) is 2.09. The Kier molecular flexibility index (Phi) is 2.95. The molecular formula is C8H10N2O2. The molecule has 0 spiro atoms. The molecule has 1 aromatic rings. The largest absolute Gasteiger partial charge is 0.495 e. The number of amides is 1. The number of hydrazine groups is 1. The van der Waals surface area contributed by atoms with Gasteiger partial charge in [-0.15, -0.1) is 0 Å². The lowest BCUT2D eigenvalue weighted by atomic mass is 10.3. The SMILES string of the molecule is COc1ccccc1NNC=O. The van der Waals surface area contributed by atoms with Crippen LogP contribution in [0.1, 0.15) is 0 Å². The number of hydrogen-bond donors (Lipinski definition) is 2. The minimum absolute atomic E-state index is 0.562. The predicted molar refractivity (Wildman–Crippen MR) is 45.8 cm³/mol. The van der Waals surface area contributed by atoms with E-state index in [1.54, 1.807) is 19.2 Å². The van der Waals surface area contributed by atoms with Crippen molar-refractivity contribution in [3.05, 3.63) is 24.3 Å². The summed E-state index contributed by atoms with van der Waals surface area (Å²) in [6, 6.07) is 7.30. The third-order valence-electron chi connectivity index (χ3n) is 1.37. The Morgan fingerprint density at radius 3 is 2.83 bits per heavy atom. The van der Waals surface area contributed by atoms with Gasteiger partial charge in [0.15, 0.2) is 0 Å². The van der Waals surface area contributed by atoms with Gasteiger partial charge < -0.3 is 4.74 Å². The van der Waals surface area contributed by atoms with E-state index in [2.05, 4.69) is 10.9 Å². The molecule has 0 aliphatic heterocycles. The maximum atomic E-state index is 9.96. The Balaban J connectivity index is 2.74. The lowest BCUT2D eigenvalue weighted by molar-refractivity contribution is -0.109. The lowest BCUT2D eigenvalue weighted by Crippen LogP contribution is -2.19. The van der Waals surface area contributed by atoms with Crippen LogP contribution >= 0.6 is 0 Å². The highest BCUT2D eigenvalue weighted by Gasteiger charge is 1.97. The minimum atomic E-state index is 0.562. The molecule has 0 bridgehead atoms. The number of rotatable bonds is 4. The Labute approximate surface area is 70.5 Å². The summed E-state index contributed by atoms with van der Waals surface area (Å²) in [7, 11) is 1.57. The first-order valence-electron chi connectivity index (χ1n) is 3.46. The standard InChI is InChI=1S/C8H10N2O2/c1-12-8-5-3-2-4-7(8)10-9-6-11/h2-6,10H,1H3,(H,9,11). The zero-order chi connectivity index (χ0) is 8.81. The number of carbonyl (C=O) groups excluding carboxylic acids is 1. The van der Waals surface area contributed by atoms with E-state index in [-0.39, 0.29) is 0 Å². The van der Waals surface area contributed by atoms with Crippen molar-refractivity contribution in [2.75, 3.05) is 12.5 Å². The fraction of sp³-hybridized carbons (Fsp3) is 0.125. The lowest BCUT2D eigenvalue weighted by Gasteiger charge is -2.08. The molecule has 0 radical (unpaired) electrons. The maximum absolute atomic E-state index is 9.96. The van der Waals surface area contributed by atoms with Crippen LogP contribution in [-0.2, 0) is 4.79 Å². The van der Waals surface area contributed by atoms with Crippen LogP contribution in [0.25, 0.3) is 0 Å². The van der Waals surface area contributed by atoms with Gasteiger partial charge in [0.25, 0.3) is 0 Å². The van der Waals surface area contributed by atoms with Crippen LogP contribution in [0.4, 0.5) is 5.69 Å². The first-order chi connectivity index (χ1) is 5.88. The van der Waals surface area contributed by atoms with Crippen LogP contribution in [-0.4, -0.2) is 13.5 Å². The van der Waals surface area contributed by atoms with E-state index in [4.69, 9.17) is 4.74 Å².